The molecule has 2 aromatic rings. The molecule has 3 heterocycles. The van der Waals surface area contributed by atoms with Crippen LogP contribution in [0.15, 0.2) is 40.3 Å². The first-order valence-electron chi connectivity index (χ1n) is 7.39. The summed E-state index contributed by atoms with van der Waals surface area (Å²) in [4.78, 5) is 15.6. The number of carbonyl (C=O) groups excluding carboxylic acids is 1. The van der Waals surface area contributed by atoms with Crippen LogP contribution in [0.1, 0.15) is 35.9 Å². The van der Waals surface area contributed by atoms with E-state index in [2.05, 4.69) is 10.2 Å². The Bertz CT molecular complexity index is 551. The minimum Gasteiger partial charge on any atom is -0.468 e. The summed E-state index contributed by atoms with van der Waals surface area (Å²) in [6.45, 7) is 2.02. The zero-order valence-corrected chi connectivity index (χ0v) is 12.8. The maximum absolute atomic E-state index is 12.1. The van der Waals surface area contributed by atoms with Crippen LogP contribution in [0, 0.1) is 0 Å². The van der Waals surface area contributed by atoms with Gasteiger partial charge in [0.25, 0.3) is 0 Å². The quantitative estimate of drug-likeness (QED) is 0.923. The normalized spacial score (nSPS) is 19.5. The summed E-state index contributed by atoms with van der Waals surface area (Å²) in [5.41, 5.74) is 0. The Morgan fingerprint density at radius 3 is 3.10 bits per heavy atom. The van der Waals surface area contributed by atoms with E-state index in [0.717, 1.165) is 25.1 Å². The number of nitrogens with zero attached hydrogens (tertiary/aromatic N) is 1. The minimum atomic E-state index is 0.0851. The molecule has 4 nitrogen and oxygen atoms in total. The summed E-state index contributed by atoms with van der Waals surface area (Å²) in [5, 5.41) is 5.02. The molecule has 1 N–H and O–H groups in total. The molecule has 0 saturated carbocycles. The number of nitrogens with one attached hydrogen (secondary N) is 1. The number of carbonyl (C=O) groups is 1. The van der Waals surface area contributed by atoms with Crippen LogP contribution >= 0.6 is 11.3 Å². The molecule has 1 atom stereocenters. The lowest BCUT2D eigenvalue weighted by molar-refractivity contribution is -0.123. The summed E-state index contributed by atoms with van der Waals surface area (Å²) in [6.07, 6.45) is 5.11. The minimum absolute atomic E-state index is 0.0851. The van der Waals surface area contributed by atoms with Crippen molar-refractivity contribution in [3.05, 3.63) is 46.5 Å². The number of amides is 1. The highest BCUT2D eigenvalue weighted by Gasteiger charge is 2.27. The van der Waals surface area contributed by atoms with Crippen LogP contribution in [0.5, 0.6) is 0 Å². The Hall–Kier alpha value is -1.59. The monoisotopic (exact) mass is 304 g/mol. The summed E-state index contributed by atoms with van der Waals surface area (Å²) in [7, 11) is 0. The summed E-state index contributed by atoms with van der Waals surface area (Å²) >= 11 is 1.67. The molecule has 3 rings (SSSR count). The Labute approximate surface area is 128 Å². The number of hydrogen-bond acceptors (Lipinski definition) is 4. The van der Waals surface area contributed by atoms with Crippen LogP contribution in [-0.4, -0.2) is 23.9 Å². The lowest BCUT2D eigenvalue weighted by Crippen LogP contribution is -2.41. The van der Waals surface area contributed by atoms with E-state index in [1.807, 2.05) is 29.6 Å². The molecule has 112 valence electrons. The molecule has 0 spiro atoms. The smallest absolute Gasteiger partial charge is 0.234 e. The second kappa shape index (κ2) is 6.91. The molecular weight excluding hydrogens is 284 g/mol. The van der Waals surface area contributed by atoms with Gasteiger partial charge in [0.1, 0.15) is 5.76 Å². The molecule has 0 aromatic carbocycles. The molecule has 1 aliphatic heterocycles. The molecule has 1 aliphatic rings. The van der Waals surface area contributed by atoms with Crippen molar-refractivity contribution < 1.29 is 9.21 Å². The number of rotatable bonds is 5. The van der Waals surface area contributed by atoms with Crippen LogP contribution in [0.25, 0.3) is 0 Å². The van der Waals surface area contributed by atoms with Gasteiger partial charge in [-0.25, -0.2) is 0 Å². The van der Waals surface area contributed by atoms with Crippen molar-refractivity contribution in [2.45, 2.75) is 31.8 Å². The van der Waals surface area contributed by atoms with E-state index in [1.165, 1.54) is 11.3 Å². The summed E-state index contributed by atoms with van der Waals surface area (Å²) in [5.74, 6) is 1.06. The molecule has 0 aliphatic carbocycles. The SMILES string of the molecule is O=C(CN1CCCC[C@H]1c1ccco1)NCc1cccs1. The highest BCUT2D eigenvalue weighted by atomic mass is 32.1. The van der Waals surface area contributed by atoms with Gasteiger partial charge in [-0.05, 0) is 43.0 Å². The molecule has 0 radical (unpaired) electrons. The molecule has 5 heteroatoms. The first-order chi connectivity index (χ1) is 10.3. The highest BCUT2D eigenvalue weighted by molar-refractivity contribution is 7.09. The van der Waals surface area contributed by atoms with Gasteiger partial charge in [-0.15, -0.1) is 11.3 Å². The van der Waals surface area contributed by atoms with E-state index in [4.69, 9.17) is 4.42 Å². The van der Waals surface area contributed by atoms with Crippen LogP contribution in [-0.2, 0) is 11.3 Å². The van der Waals surface area contributed by atoms with Gasteiger partial charge in [-0.2, -0.15) is 0 Å². The molecule has 2 aromatic heterocycles. The first kappa shape index (κ1) is 14.4. The fraction of sp³-hybridized carbons (Fsp3) is 0.438. The van der Waals surface area contributed by atoms with Crippen molar-refractivity contribution in [2.24, 2.45) is 0 Å². The number of thiophene rings is 1. The molecule has 21 heavy (non-hydrogen) atoms. The third kappa shape index (κ3) is 3.74. The number of hydrogen-bond donors (Lipinski definition) is 1. The van der Waals surface area contributed by atoms with Crippen LogP contribution in [0.4, 0.5) is 0 Å². The molecule has 1 fully saturated rings. The zero-order valence-electron chi connectivity index (χ0n) is 12.0. The van der Waals surface area contributed by atoms with Gasteiger partial charge in [0.05, 0.1) is 25.4 Å². The van der Waals surface area contributed by atoms with Crippen molar-refractivity contribution in [3.63, 3.8) is 0 Å². The Balaban J connectivity index is 1.55. The number of piperidine rings is 1. The lowest BCUT2D eigenvalue weighted by atomic mass is 10.00. The van der Waals surface area contributed by atoms with E-state index >= 15 is 0 Å². The third-order valence-electron chi connectivity index (χ3n) is 3.87. The maximum Gasteiger partial charge on any atom is 0.234 e. The molecule has 0 bridgehead atoms. The first-order valence-corrected chi connectivity index (χ1v) is 8.27. The van der Waals surface area contributed by atoms with E-state index < -0.39 is 0 Å². The average molecular weight is 304 g/mol. The Kier molecular flexibility index (Phi) is 4.72. The highest BCUT2D eigenvalue weighted by Crippen LogP contribution is 2.30. The van der Waals surface area contributed by atoms with Gasteiger partial charge in [-0.1, -0.05) is 12.5 Å². The topological polar surface area (TPSA) is 45.5 Å². The van der Waals surface area contributed by atoms with Gasteiger partial charge < -0.3 is 9.73 Å². The van der Waals surface area contributed by atoms with Crippen LogP contribution in [0.2, 0.25) is 0 Å². The molecular formula is C16H20N2O2S. The van der Waals surface area contributed by atoms with Crippen molar-refractivity contribution >= 4 is 17.2 Å². The largest absolute Gasteiger partial charge is 0.468 e. The maximum atomic E-state index is 12.1. The van der Waals surface area contributed by atoms with E-state index in [9.17, 15) is 4.79 Å². The van der Waals surface area contributed by atoms with Gasteiger partial charge >= 0.3 is 0 Å². The number of furan rings is 1. The van der Waals surface area contributed by atoms with Gasteiger partial charge in [0.2, 0.25) is 5.91 Å². The summed E-state index contributed by atoms with van der Waals surface area (Å²) in [6, 6.07) is 8.20. The fourth-order valence-corrected chi connectivity index (χ4v) is 3.47. The second-order valence-corrected chi connectivity index (χ2v) is 6.39. The predicted octanol–water partition coefficient (Wildman–Crippen LogP) is 3.18. The van der Waals surface area contributed by atoms with Crippen LogP contribution < -0.4 is 5.32 Å². The lowest BCUT2D eigenvalue weighted by Gasteiger charge is -2.33. The van der Waals surface area contributed by atoms with E-state index in [1.54, 1.807) is 17.6 Å². The molecule has 1 saturated heterocycles. The van der Waals surface area contributed by atoms with Crippen molar-refractivity contribution in [1.82, 2.24) is 10.2 Å². The standard InChI is InChI=1S/C16H20N2O2S/c19-16(17-11-13-5-4-10-21-13)12-18-8-2-1-6-14(18)15-7-3-9-20-15/h3-5,7,9-10,14H,1-2,6,8,11-12H2,(H,17,19)/t14-/m0/s1. The van der Waals surface area contributed by atoms with Crippen molar-refractivity contribution in [2.75, 3.05) is 13.1 Å². The Morgan fingerprint density at radius 1 is 1.38 bits per heavy atom. The summed E-state index contributed by atoms with van der Waals surface area (Å²) < 4.78 is 5.53. The van der Waals surface area contributed by atoms with Gasteiger partial charge in [0.15, 0.2) is 0 Å². The molecule has 0 unspecified atom stereocenters. The van der Waals surface area contributed by atoms with Crippen LogP contribution in [0.3, 0.4) is 0 Å². The fourth-order valence-electron chi connectivity index (χ4n) is 2.82. The number of likely N-dealkylation sites (tertiary alicyclic amines) is 1. The van der Waals surface area contributed by atoms with E-state index in [-0.39, 0.29) is 11.9 Å². The predicted molar refractivity (Wildman–Crippen MR) is 83.0 cm³/mol. The second-order valence-electron chi connectivity index (χ2n) is 5.35. The van der Waals surface area contributed by atoms with Gasteiger partial charge in [0, 0.05) is 4.88 Å². The van der Waals surface area contributed by atoms with Crippen molar-refractivity contribution in [1.29, 1.82) is 0 Å². The van der Waals surface area contributed by atoms with E-state index in [0.29, 0.717) is 13.1 Å². The third-order valence-corrected chi connectivity index (χ3v) is 4.75. The van der Waals surface area contributed by atoms with Gasteiger partial charge in [-0.3, -0.25) is 9.69 Å². The average Bonchev–Trinajstić information content (AvgIpc) is 3.19. The zero-order chi connectivity index (χ0) is 14.5. The van der Waals surface area contributed by atoms with Crippen molar-refractivity contribution in [3.8, 4) is 0 Å². The Morgan fingerprint density at radius 2 is 2.33 bits per heavy atom. The molecule has 1 amide bonds.